The number of hydrogen-bond donors (Lipinski definition) is 0. The van der Waals surface area contributed by atoms with E-state index in [1.165, 1.54) is 0 Å². The molecule has 144 valence electrons. The number of benzene rings is 1. The first-order valence-corrected chi connectivity index (χ1v) is 9.84. The standard InChI is InChI=1S/C23H28O4/c1-11-9-12(2)16(13(3)10-11)19-20(24)17-14-7-8-15(26-14)18(17)21(19)27-22(25)23(4,5)6/h9-10,14-15,17-18H,7-8H2,1-6H3/t14?,15?,17-,18+/m0/s1. The minimum atomic E-state index is -0.630. The Morgan fingerprint density at radius 2 is 1.59 bits per heavy atom. The van der Waals surface area contributed by atoms with E-state index in [4.69, 9.17) is 9.47 Å². The fraction of sp³-hybridized carbons (Fsp3) is 0.565. The molecule has 27 heavy (non-hydrogen) atoms. The van der Waals surface area contributed by atoms with Gasteiger partial charge in [0.2, 0.25) is 0 Å². The van der Waals surface area contributed by atoms with Gasteiger partial charge in [-0.3, -0.25) is 9.59 Å². The van der Waals surface area contributed by atoms with Crippen LogP contribution in [0.5, 0.6) is 0 Å². The van der Waals surface area contributed by atoms with Gasteiger partial charge < -0.3 is 9.47 Å². The molecule has 0 saturated carbocycles. The molecular formula is C23H28O4. The van der Waals surface area contributed by atoms with Crippen LogP contribution in [0.1, 0.15) is 55.9 Å². The summed E-state index contributed by atoms with van der Waals surface area (Å²) in [6.45, 7) is 11.6. The average molecular weight is 368 g/mol. The van der Waals surface area contributed by atoms with Crippen LogP contribution >= 0.6 is 0 Å². The van der Waals surface area contributed by atoms with E-state index in [9.17, 15) is 9.59 Å². The van der Waals surface area contributed by atoms with Crippen molar-refractivity contribution in [1.29, 1.82) is 0 Å². The van der Waals surface area contributed by atoms with E-state index in [-0.39, 0.29) is 35.8 Å². The summed E-state index contributed by atoms with van der Waals surface area (Å²) in [6.07, 6.45) is 1.78. The van der Waals surface area contributed by atoms with Crippen LogP contribution in [0.15, 0.2) is 17.9 Å². The molecule has 4 heteroatoms. The molecule has 2 aliphatic heterocycles. The molecule has 0 N–H and O–H groups in total. The van der Waals surface area contributed by atoms with Crippen molar-refractivity contribution in [2.75, 3.05) is 0 Å². The zero-order valence-electron chi connectivity index (χ0n) is 17.0. The molecule has 2 saturated heterocycles. The van der Waals surface area contributed by atoms with Gasteiger partial charge in [-0.05, 0) is 71.1 Å². The Labute approximate surface area is 160 Å². The molecule has 1 aromatic rings. The van der Waals surface area contributed by atoms with Gasteiger partial charge in [-0.25, -0.2) is 0 Å². The largest absolute Gasteiger partial charge is 0.429 e. The molecule has 2 unspecified atom stereocenters. The van der Waals surface area contributed by atoms with Crippen molar-refractivity contribution in [3.63, 3.8) is 0 Å². The molecule has 2 fully saturated rings. The smallest absolute Gasteiger partial charge is 0.316 e. The molecule has 1 aromatic carbocycles. The van der Waals surface area contributed by atoms with Gasteiger partial charge in [0.25, 0.3) is 0 Å². The SMILES string of the molecule is Cc1cc(C)c(C2=C(OC(=O)C(C)(C)C)[C@@H]3C4CCC(O4)[C@@H]3C2=O)c(C)c1. The Morgan fingerprint density at radius 1 is 1.04 bits per heavy atom. The monoisotopic (exact) mass is 368 g/mol. The number of ether oxygens (including phenoxy) is 2. The van der Waals surface area contributed by atoms with Crippen molar-refractivity contribution >= 4 is 17.3 Å². The second-order valence-electron chi connectivity index (χ2n) is 9.36. The highest BCUT2D eigenvalue weighted by atomic mass is 16.5. The Morgan fingerprint density at radius 3 is 2.15 bits per heavy atom. The maximum absolute atomic E-state index is 13.5. The molecule has 4 atom stereocenters. The molecule has 2 heterocycles. The highest BCUT2D eigenvalue weighted by Gasteiger charge is 2.60. The summed E-state index contributed by atoms with van der Waals surface area (Å²) in [5.74, 6) is -0.000874. The Bertz CT molecular complexity index is 848. The molecule has 2 bridgehead atoms. The van der Waals surface area contributed by atoms with E-state index >= 15 is 0 Å². The van der Waals surface area contributed by atoms with Crippen molar-refractivity contribution in [3.8, 4) is 0 Å². The molecule has 0 amide bonds. The van der Waals surface area contributed by atoms with Crippen molar-refractivity contribution < 1.29 is 19.1 Å². The first-order chi connectivity index (χ1) is 12.6. The van der Waals surface area contributed by atoms with Crippen LogP contribution in [0.4, 0.5) is 0 Å². The summed E-state index contributed by atoms with van der Waals surface area (Å²) < 4.78 is 12.0. The minimum absolute atomic E-state index is 0.0183. The topological polar surface area (TPSA) is 52.6 Å². The third kappa shape index (κ3) is 2.77. The van der Waals surface area contributed by atoms with Crippen molar-refractivity contribution in [2.45, 2.75) is 66.6 Å². The summed E-state index contributed by atoms with van der Waals surface area (Å²) in [5.41, 5.74) is 4.17. The number of ketones is 1. The van der Waals surface area contributed by atoms with E-state index < -0.39 is 5.41 Å². The lowest BCUT2D eigenvalue weighted by molar-refractivity contribution is -0.149. The van der Waals surface area contributed by atoms with Gasteiger partial charge in [0.1, 0.15) is 5.76 Å². The second kappa shape index (κ2) is 6.03. The van der Waals surface area contributed by atoms with Gasteiger partial charge in [0, 0.05) is 0 Å². The molecule has 3 aliphatic rings. The first kappa shape index (κ1) is 18.4. The van der Waals surface area contributed by atoms with Crippen LogP contribution in [-0.2, 0) is 19.1 Å². The van der Waals surface area contributed by atoms with Gasteiger partial charge in [-0.2, -0.15) is 0 Å². The third-order valence-corrected chi connectivity index (χ3v) is 6.11. The summed E-state index contributed by atoms with van der Waals surface area (Å²) >= 11 is 0. The predicted molar refractivity (Wildman–Crippen MR) is 103 cm³/mol. The number of esters is 1. The Hall–Kier alpha value is -1.94. The van der Waals surface area contributed by atoms with Crippen LogP contribution in [0.3, 0.4) is 0 Å². The van der Waals surface area contributed by atoms with Crippen molar-refractivity contribution in [1.82, 2.24) is 0 Å². The number of rotatable bonds is 2. The fourth-order valence-corrected chi connectivity index (χ4v) is 4.99. The quantitative estimate of drug-likeness (QED) is 0.731. The maximum atomic E-state index is 13.5. The Kier molecular flexibility index (Phi) is 4.12. The van der Waals surface area contributed by atoms with Gasteiger partial charge >= 0.3 is 5.97 Å². The Balaban J connectivity index is 1.88. The maximum Gasteiger partial charge on any atom is 0.316 e. The average Bonchev–Trinajstić information content (AvgIpc) is 3.21. The van der Waals surface area contributed by atoms with E-state index in [2.05, 4.69) is 19.1 Å². The molecule has 4 rings (SSSR count). The number of Topliss-reactive ketones (excluding diaryl/α,β-unsaturated/α-hetero) is 1. The zero-order chi connectivity index (χ0) is 19.7. The zero-order valence-corrected chi connectivity index (χ0v) is 17.0. The number of fused-ring (bicyclic) bond motifs is 5. The van der Waals surface area contributed by atoms with E-state index in [0.717, 1.165) is 35.1 Å². The molecule has 4 nitrogen and oxygen atoms in total. The summed E-state index contributed by atoms with van der Waals surface area (Å²) in [4.78, 5) is 26.2. The van der Waals surface area contributed by atoms with Crippen LogP contribution in [0.25, 0.3) is 5.57 Å². The van der Waals surface area contributed by atoms with Gasteiger partial charge in [-0.15, -0.1) is 0 Å². The van der Waals surface area contributed by atoms with E-state index in [1.54, 1.807) is 0 Å². The van der Waals surface area contributed by atoms with Crippen LogP contribution in [-0.4, -0.2) is 24.0 Å². The lowest BCUT2D eigenvalue weighted by atomic mass is 9.80. The molecule has 1 aliphatic carbocycles. The number of aryl methyl sites for hydroxylation is 3. The number of carbonyl (C=O) groups excluding carboxylic acids is 2. The van der Waals surface area contributed by atoms with E-state index in [1.807, 2.05) is 34.6 Å². The van der Waals surface area contributed by atoms with Crippen LogP contribution < -0.4 is 0 Å². The second-order valence-corrected chi connectivity index (χ2v) is 9.36. The van der Waals surface area contributed by atoms with Crippen molar-refractivity contribution in [3.05, 3.63) is 40.1 Å². The lowest BCUT2D eigenvalue weighted by Gasteiger charge is -2.24. The van der Waals surface area contributed by atoms with E-state index in [0.29, 0.717) is 11.3 Å². The number of allylic oxidation sites excluding steroid dienone is 1. The van der Waals surface area contributed by atoms with Gasteiger partial charge in [0.15, 0.2) is 5.78 Å². The number of hydrogen-bond acceptors (Lipinski definition) is 4. The lowest BCUT2D eigenvalue weighted by Crippen LogP contribution is -2.31. The first-order valence-electron chi connectivity index (χ1n) is 9.84. The molecule has 0 aromatic heterocycles. The van der Waals surface area contributed by atoms with Crippen LogP contribution in [0.2, 0.25) is 0 Å². The van der Waals surface area contributed by atoms with Crippen molar-refractivity contribution in [2.24, 2.45) is 17.3 Å². The highest BCUT2D eigenvalue weighted by molar-refractivity contribution is 6.26. The fourth-order valence-electron chi connectivity index (χ4n) is 4.99. The molecule has 0 spiro atoms. The normalized spacial score (nSPS) is 29.5. The van der Waals surface area contributed by atoms with Crippen LogP contribution in [0, 0.1) is 38.0 Å². The predicted octanol–water partition coefficient (Wildman–Crippen LogP) is 4.29. The molecule has 0 radical (unpaired) electrons. The highest BCUT2D eigenvalue weighted by Crippen LogP contribution is 2.55. The number of carbonyl (C=O) groups is 2. The third-order valence-electron chi connectivity index (χ3n) is 6.11. The summed E-state index contributed by atoms with van der Waals surface area (Å²) in [6, 6.07) is 4.18. The van der Waals surface area contributed by atoms with Gasteiger partial charge in [-0.1, -0.05) is 17.7 Å². The minimum Gasteiger partial charge on any atom is -0.429 e. The summed E-state index contributed by atoms with van der Waals surface area (Å²) in [7, 11) is 0. The molecular weight excluding hydrogens is 340 g/mol. The summed E-state index contributed by atoms with van der Waals surface area (Å²) in [5, 5.41) is 0. The van der Waals surface area contributed by atoms with Gasteiger partial charge in [0.05, 0.1) is 35.0 Å².